The highest BCUT2D eigenvalue weighted by atomic mass is 32.2. The molecule has 0 spiro atoms. The number of carboxylic acid groups (broad SMARTS) is 1. The number of nitrogens with zero attached hydrogens (tertiary/aromatic N) is 2. The Morgan fingerprint density at radius 3 is 2.76 bits per heavy atom. The van der Waals surface area contributed by atoms with E-state index in [1.807, 2.05) is 30.3 Å². The maximum absolute atomic E-state index is 11.7. The fraction of sp³-hybridized carbons (Fsp3) is 0.562. The van der Waals surface area contributed by atoms with Crippen molar-refractivity contribution in [3.05, 3.63) is 30.3 Å². The van der Waals surface area contributed by atoms with Crippen molar-refractivity contribution in [2.45, 2.75) is 6.10 Å². The zero-order chi connectivity index (χ0) is 18.3. The SMILES string of the molecule is CS(=O)(=O)N(CC(=O)O)C[C@@H]1CN(CCOc2ccccc2)CCO1. The van der Waals surface area contributed by atoms with Gasteiger partial charge in [0, 0.05) is 26.2 Å². The van der Waals surface area contributed by atoms with Crippen LogP contribution in [0.4, 0.5) is 0 Å². The number of benzene rings is 1. The number of morpholine rings is 1. The molecule has 0 amide bonds. The average Bonchev–Trinajstić information content (AvgIpc) is 2.54. The van der Waals surface area contributed by atoms with Gasteiger partial charge in [0.2, 0.25) is 10.0 Å². The number of carboxylic acids is 1. The third kappa shape index (κ3) is 6.99. The number of carbonyl (C=O) groups is 1. The predicted octanol–water partition coefficient (Wildman–Crippen LogP) is 0.112. The molecule has 1 N–H and O–H groups in total. The fourth-order valence-electron chi connectivity index (χ4n) is 2.60. The van der Waals surface area contributed by atoms with Gasteiger partial charge in [0.25, 0.3) is 0 Å². The van der Waals surface area contributed by atoms with Gasteiger partial charge in [-0.3, -0.25) is 9.69 Å². The standard InChI is InChI=1S/C16H24N2O6S/c1-25(21,22)18(13-16(19)20)12-15-11-17(8-10-24-15)7-9-23-14-5-3-2-4-6-14/h2-6,15H,7-13H2,1H3,(H,19,20)/t15-/m0/s1. The van der Waals surface area contributed by atoms with Crippen molar-refractivity contribution in [3.8, 4) is 5.75 Å². The van der Waals surface area contributed by atoms with Crippen LogP contribution >= 0.6 is 0 Å². The second-order valence-corrected chi connectivity index (χ2v) is 7.89. The Morgan fingerprint density at radius 1 is 1.40 bits per heavy atom. The van der Waals surface area contributed by atoms with Crippen molar-refractivity contribution in [2.24, 2.45) is 0 Å². The Morgan fingerprint density at radius 2 is 2.12 bits per heavy atom. The van der Waals surface area contributed by atoms with Crippen LogP contribution < -0.4 is 4.74 Å². The first kappa shape index (κ1) is 19.6. The molecule has 0 bridgehead atoms. The molecule has 1 heterocycles. The quantitative estimate of drug-likeness (QED) is 0.657. The Labute approximate surface area is 148 Å². The summed E-state index contributed by atoms with van der Waals surface area (Å²) in [5, 5.41) is 8.88. The molecule has 0 aromatic heterocycles. The van der Waals surface area contributed by atoms with E-state index in [-0.39, 0.29) is 12.6 Å². The lowest BCUT2D eigenvalue weighted by Crippen LogP contribution is -2.50. The zero-order valence-corrected chi connectivity index (χ0v) is 15.0. The van der Waals surface area contributed by atoms with Gasteiger partial charge in [0.1, 0.15) is 18.9 Å². The van der Waals surface area contributed by atoms with Crippen LogP contribution in [0, 0.1) is 0 Å². The first-order valence-electron chi connectivity index (χ1n) is 8.03. The summed E-state index contributed by atoms with van der Waals surface area (Å²) in [6.07, 6.45) is 0.643. The van der Waals surface area contributed by atoms with Crippen molar-refractivity contribution >= 4 is 16.0 Å². The molecule has 1 atom stereocenters. The highest BCUT2D eigenvalue weighted by Crippen LogP contribution is 2.11. The fourth-order valence-corrected chi connectivity index (χ4v) is 3.38. The van der Waals surface area contributed by atoms with Gasteiger partial charge in [0.05, 0.1) is 19.0 Å². The first-order chi connectivity index (χ1) is 11.8. The maximum atomic E-state index is 11.7. The van der Waals surface area contributed by atoms with Crippen LogP contribution in [0.5, 0.6) is 5.75 Å². The minimum absolute atomic E-state index is 0.0289. The number of hydrogen-bond acceptors (Lipinski definition) is 6. The third-order valence-electron chi connectivity index (χ3n) is 3.83. The van der Waals surface area contributed by atoms with E-state index < -0.39 is 22.5 Å². The van der Waals surface area contributed by atoms with Crippen LogP contribution in [-0.2, 0) is 19.6 Å². The maximum Gasteiger partial charge on any atom is 0.318 e. The van der Waals surface area contributed by atoms with E-state index in [9.17, 15) is 13.2 Å². The number of hydrogen-bond donors (Lipinski definition) is 1. The number of para-hydroxylation sites is 1. The van der Waals surface area contributed by atoms with Gasteiger partial charge in [-0.2, -0.15) is 4.31 Å². The Kier molecular flexibility index (Phi) is 7.18. The molecule has 0 aliphatic carbocycles. The lowest BCUT2D eigenvalue weighted by atomic mass is 10.2. The zero-order valence-electron chi connectivity index (χ0n) is 14.2. The van der Waals surface area contributed by atoms with Gasteiger partial charge in [-0.05, 0) is 12.1 Å². The van der Waals surface area contributed by atoms with Gasteiger partial charge in [-0.25, -0.2) is 8.42 Å². The molecule has 25 heavy (non-hydrogen) atoms. The largest absolute Gasteiger partial charge is 0.492 e. The molecule has 0 unspecified atom stereocenters. The molecule has 2 rings (SSSR count). The van der Waals surface area contributed by atoms with Crippen LogP contribution in [0.25, 0.3) is 0 Å². The highest BCUT2D eigenvalue weighted by Gasteiger charge is 2.27. The summed E-state index contributed by atoms with van der Waals surface area (Å²) >= 11 is 0. The van der Waals surface area contributed by atoms with E-state index in [1.54, 1.807) is 0 Å². The summed E-state index contributed by atoms with van der Waals surface area (Å²) in [5.41, 5.74) is 0. The summed E-state index contributed by atoms with van der Waals surface area (Å²) in [6, 6.07) is 9.50. The second kappa shape index (κ2) is 9.14. The number of sulfonamides is 1. The minimum Gasteiger partial charge on any atom is -0.492 e. The van der Waals surface area contributed by atoms with Crippen molar-refractivity contribution < 1.29 is 27.8 Å². The summed E-state index contributed by atoms with van der Waals surface area (Å²) < 4.78 is 35.6. The number of aliphatic carboxylic acids is 1. The Bertz CT molecular complexity index is 652. The van der Waals surface area contributed by atoms with Crippen LogP contribution in [-0.4, -0.2) is 87.0 Å². The summed E-state index contributed by atoms with van der Waals surface area (Å²) in [6.45, 7) is 2.40. The monoisotopic (exact) mass is 372 g/mol. The molecule has 1 aliphatic heterocycles. The Hall–Kier alpha value is -1.68. The molecule has 0 radical (unpaired) electrons. The van der Waals surface area contributed by atoms with Crippen LogP contribution in [0.2, 0.25) is 0 Å². The van der Waals surface area contributed by atoms with Gasteiger partial charge in [0.15, 0.2) is 0 Å². The summed E-state index contributed by atoms with van der Waals surface area (Å²) in [7, 11) is -3.60. The van der Waals surface area contributed by atoms with Gasteiger partial charge in [-0.15, -0.1) is 0 Å². The van der Waals surface area contributed by atoms with E-state index in [0.29, 0.717) is 26.3 Å². The molecule has 1 aliphatic rings. The van der Waals surface area contributed by atoms with Crippen molar-refractivity contribution in [1.82, 2.24) is 9.21 Å². The molecule has 1 aromatic carbocycles. The van der Waals surface area contributed by atoms with Crippen LogP contribution in [0.3, 0.4) is 0 Å². The summed E-state index contributed by atoms with van der Waals surface area (Å²) in [5.74, 6) is -0.383. The summed E-state index contributed by atoms with van der Waals surface area (Å²) in [4.78, 5) is 13.0. The predicted molar refractivity (Wildman–Crippen MR) is 92.2 cm³/mol. The molecule has 9 heteroatoms. The molecule has 1 fully saturated rings. The Balaban J connectivity index is 1.82. The molecule has 1 aromatic rings. The molecule has 140 valence electrons. The van der Waals surface area contributed by atoms with E-state index in [2.05, 4.69) is 4.90 Å². The normalized spacial score (nSPS) is 19.0. The van der Waals surface area contributed by atoms with Crippen molar-refractivity contribution in [3.63, 3.8) is 0 Å². The topological polar surface area (TPSA) is 96.4 Å². The van der Waals surface area contributed by atoms with Crippen molar-refractivity contribution in [2.75, 3.05) is 52.2 Å². The first-order valence-corrected chi connectivity index (χ1v) is 9.88. The van der Waals surface area contributed by atoms with Gasteiger partial charge < -0.3 is 14.6 Å². The third-order valence-corrected chi connectivity index (χ3v) is 5.05. The van der Waals surface area contributed by atoms with Crippen LogP contribution in [0.15, 0.2) is 30.3 Å². The molecule has 1 saturated heterocycles. The van der Waals surface area contributed by atoms with E-state index in [1.165, 1.54) is 0 Å². The minimum atomic E-state index is -3.60. The molecule has 0 saturated carbocycles. The van der Waals surface area contributed by atoms with E-state index in [4.69, 9.17) is 14.6 Å². The molecular weight excluding hydrogens is 348 g/mol. The smallest absolute Gasteiger partial charge is 0.318 e. The number of ether oxygens (including phenoxy) is 2. The molecule has 8 nitrogen and oxygen atoms in total. The average molecular weight is 372 g/mol. The van der Waals surface area contributed by atoms with Crippen molar-refractivity contribution in [1.29, 1.82) is 0 Å². The lowest BCUT2D eigenvalue weighted by molar-refractivity contribution is -0.137. The number of rotatable bonds is 9. The van der Waals surface area contributed by atoms with E-state index in [0.717, 1.165) is 22.9 Å². The highest BCUT2D eigenvalue weighted by molar-refractivity contribution is 7.88. The molecular formula is C16H24N2O6S. The van der Waals surface area contributed by atoms with E-state index >= 15 is 0 Å². The lowest BCUT2D eigenvalue weighted by Gasteiger charge is -2.34. The van der Waals surface area contributed by atoms with Crippen LogP contribution in [0.1, 0.15) is 0 Å². The second-order valence-electron chi connectivity index (χ2n) is 5.90. The van der Waals surface area contributed by atoms with Gasteiger partial charge in [-0.1, -0.05) is 18.2 Å². The van der Waals surface area contributed by atoms with Gasteiger partial charge >= 0.3 is 5.97 Å².